The third-order valence-corrected chi connectivity index (χ3v) is 4.47. The van der Waals surface area contributed by atoms with Crippen molar-refractivity contribution in [2.45, 2.75) is 0 Å². The predicted octanol–water partition coefficient (Wildman–Crippen LogP) is -2.19. The number of hydrogen-bond acceptors (Lipinski definition) is 4. The Bertz CT molecular complexity index is 632. The molecule has 0 radical (unpaired) electrons. The SMILES string of the molecule is N#CC[I-]n1cc(C2=NCNc3[nH]ccc32)cn1. The van der Waals surface area contributed by atoms with Gasteiger partial charge in [-0.25, -0.2) is 0 Å². The molecule has 1 aliphatic heterocycles. The number of nitrogens with zero attached hydrogens (tertiary/aromatic N) is 4. The fourth-order valence-corrected chi connectivity index (χ4v) is 3.12. The predicted molar refractivity (Wildman–Crippen MR) is 63.0 cm³/mol. The summed E-state index contributed by atoms with van der Waals surface area (Å²) in [7, 11) is 0. The number of fused-ring (bicyclic) bond motifs is 1. The second-order valence-corrected chi connectivity index (χ2v) is 6.07. The summed E-state index contributed by atoms with van der Waals surface area (Å²) >= 11 is -0.366. The van der Waals surface area contributed by atoms with Crippen LogP contribution in [0.15, 0.2) is 29.6 Å². The van der Waals surface area contributed by atoms with Gasteiger partial charge in [-0.2, -0.15) is 0 Å². The van der Waals surface area contributed by atoms with Gasteiger partial charge in [-0.15, -0.1) is 0 Å². The van der Waals surface area contributed by atoms with Gasteiger partial charge < -0.3 is 0 Å². The zero-order valence-electron chi connectivity index (χ0n) is 9.39. The Morgan fingerprint density at radius 2 is 2.50 bits per heavy atom. The van der Waals surface area contributed by atoms with Crippen molar-refractivity contribution in [1.29, 1.82) is 5.26 Å². The second-order valence-electron chi connectivity index (χ2n) is 3.64. The summed E-state index contributed by atoms with van der Waals surface area (Å²) in [6.07, 6.45) is 5.69. The molecular weight excluding hydrogens is 343 g/mol. The molecule has 0 aliphatic carbocycles. The fraction of sp³-hybridized carbons (Fsp3) is 0.182. The minimum atomic E-state index is -0.366. The topological polar surface area (TPSA) is 81.8 Å². The van der Waals surface area contributed by atoms with Crippen molar-refractivity contribution in [2.75, 3.05) is 16.4 Å². The molecule has 0 atom stereocenters. The van der Waals surface area contributed by atoms with Crippen LogP contribution in [-0.2, 0) is 0 Å². The number of nitriles is 1. The molecule has 2 aromatic rings. The molecule has 18 heavy (non-hydrogen) atoms. The summed E-state index contributed by atoms with van der Waals surface area (Å²) in [5.74, 6) is 1.000. The maximum atomic E-state index is 8.59. The Kier molecular flexibility index (Phi) is 3.02. The molecule has 1 aliphatic rings. The van der Waals surface area contributed by atoms with Gasteiger partial charge in [0.25, 0.3) is 0 Å². The van der Waals surface area contributed by atoms with Crippen LogP contribution in [-0.4, -0.2) is 29.8 Å². The van der Waals surface area contributed by atoms with Crippen LogP contribution in [0.5, 0.6) is 0 Å². The van der Waals surface area contributed by atoms with Crippen molar-refractivity contribution in [2.24, 2.45) is 4.99 Å². The normalized spacial score (nSPS) is 13.6. The number of aromatic amines is 1. The molecule has 7 heteroatoms. The van der Waals surface area contributed by atoms with Crippen LogP contribution in [0.25, 0.3) is 0 Å². The van der Waals surface area contributed by atoms with Crippen LogP contribution in [0.3, 0.4) is 0 Å². The van der Waals surface area contributed by atoms with Gasteiger partial charge in [-0.1, -0.05) is 0 Å². The molecule has 3 heterocycles. The first-order valence-corrected chi connectivity index (χ1v) is 7.85. The maximum absolute atomic E-state index is 8.59. The number of anilines is 1. The van der Waals surface area contributed by atoms with E-state index in [-0.39, 0.29) is 21.5 Å². The fourth-order valence-electron chi connectivity index (χ4n) is 1.82. The van der Waals surface area contributed by atoms with Crippen LogP contribution in [0.4, 0.5) is 5.82 Å². The van der Waals surface area contributed by atoms with E-state index in [4.69, 9.17) is 5.26 Å². The van der Waals surface area contributed by atoms with Crippen LogP contribution >= 0.6 is 0 Å². The van der Waals surface area contributed by atoms with Gasteiger partial charge in [-0.05, 0) is 0 Å². The van der Waals surface area contributed by atoms with Crippen molar-refractivity contribution in [3.05, 3.63) is 35.8 Å². The van der Waals surface area contributed by atoms with Crippen LogP contribution < -0.4 is 26.8 Å². The molecule has 0 unspecified atom stereocenters. The molecule has 0 spiro atoms. The molecule has 3 rings (SSSR count). The number of aromatic nitrogens is 3. The number of nitrogens with one attached hydrogen (secondary N) is 2. The molecule has 0 saturated carbocycles. The van der Waals surface area contributed by atoms with E-state index in [1.807, 2.05) is 27.6 Å². The number of rotatable bonds is 3. The van der Waals surface area contributed by atoms with Gasteiger partial charge in [0.05, 0.1) is 0 Å². The molecule has 2 aromatic heterocycles. The van der Waals surface area contributed by atoms with Gasteiger partial charge >= 0.3 is 115 Å². The standard InChI is InChI=1S/C11H10IN6/c13-3-2-12-18-6-8(5-17-18)10-9-1-4-14-11(9)16-7-15-10/h1,4-6,14,16H,2,7H2/q-1. The van der Waals surface area contributed by atoms with E-state index < -0.39 is 0 Å². The van der Waals surface area contributed by atoms with Crippen LogP contribution in [0.1, 0.15) is 11.1 Å². The zero-order chi connectivity index (χ0) is 12.4. The van der Waals surface area contributed by atoms with Gasteiger partial charge in [0.2, 0.25) is 0 Å². The summed E-state index contributed by atoms with van der Waals surface area (Å²) in [5, 5.41) is 16.1. The van der Waals surface area contributed by atoms with Gasteiger partial charge in [0, 0.05) is 0 Å². The van der Waals surface area contributed by atoms with Crippen molar-refractivity contribution in [1.82, 2.24) is 13.0 Å². The molecule has 0 amide bonds. The molecular formula is C11H10IN6-. The van der Waals surface area contributed by atoms with E-state index >= 15 is 0 Å². The van der Waals surface area contributed by atoms with Gasteiger partial charge in [-0.3, -0.25) is 0 Å². The molecule has 6 nitrogen and oxygen atoms in total. The van der Waals surface area contributed by atoms with Crippen molar-refractivity contribution < 1.29 is 21.5 Å². The summed E-state index contributed by atoms with van der Waals surface area (Å²) in [6.45, 7) is 0.571. The Labute approximate surface area is 114 Å². The molecule has 0 fully saturated rings. The van der Waals surface area contributed by atoms with Crippen molar-refractivity contribution >= 4 is 11.5 Å². The van der Waals surface area contributed by atoms with Crippen molar-refractivity contribution in [3.63, 3.8) is 0 Å². The molecule has 0 saturated heterocycles. The second kappa shape index (κ2) is 4.81. The molecule has 2 N–H and O–H groups in total. The monoisotopic (exact) mass is 353 g/mol. The van der Waals surface area contributed by atoms with E-state index in [1.54, 1.807) is 0 Å². The Morgan fingerprint density at radius 3 is 3.39 bits per heavy atom. The number of halogens is 1. The third kappa shape index (κ3) is 1.99. The minimum absolute atomic E-state index is 0.366. The van der Waals surface area contributed by atoms with E-state index in [2.05, 4.69) is 26.5 Å². The van der Waals surface area contributed by atoms with Crippen molar-refractivity contribution in [3.8, 4) is 6.07 Å². The van der Waals surface area contributed by atoms with Gasteiger partial charge in [0.15, 0.2) is 0 Å². The number of alkyl halides is 1. The average Bonchev–Trinajstić information content (AvgIpc) is 3.04. The summed E-state index contributed by atoms with van der Waals surface area (Å²) < 4.78 is 2.46. The van der Waals surface area contributed by atoms with Gasteiger partial charge in [0.1, 0.15) is 0 Å². The molecule has 0 aromatic carbocycles. The first-order chi connectivity index (χ1) is 8.88. The summed E-state index contributed by atoms with van der Waals surface area (Å²) in [6, 6.07) is 4.16. The molecule has 0 bridgehead atoms. The first kappa shape index (κ1) is 11.3. The average molecular weight is 353 g/mol. The zero-order valence-corrected chi connectivity index (χ0v) is 11.5. The number of aliphatic imine (C=N–C) groups is 1. The number of hydrogen-bond donors (Lipinski definition) is 2. The van der Waals surface area contributed by atoms with E-state index in [9.17, 15) is 0 Å². The molecule has 92 valence electrons. The quantitative estimate of drug-likeness (QED) is 0.486. The van der Waals surface area contributed by atoms with E-state index in [1.165, 1.54) is 0 Å². The first-order valence-electron chi connectivity index (χ1n) is 5.36. The van der Waals surface area contributed by atoms with Crippen LogP contribution in [0, 0.1) is 11.3 Å². The summed E-state index contributed by atoms with van der Waals surface area (Å²) in [5.41, 5.74) is 3.03. The third-order valence-electron chi connectivity index (χ3n) is 2.56. The number of H-pyrrole nitrogens is 1. The summed E-state index contributed by atoms with van der Waals surface area (Å²) in [4.78, 5) is 7.63. The van der Waals surface area contributed by atoms with E-state index in [0.29, 0.717) is 11.1 Å². The Morgan fingerprint density at radius 1 is 1.56 bits per heavy atom. The van der Waals surface area contributed by atoms with E-state index in [0.717, 1.165) is 22.7 Å². The van der Waals surface area contributed by atoms with Crippen LogP contribution in [0.2, 0.25) is 0 Å². The Hall–Kier alpha value is -1.82. The Balaban J connectivity index is 1.90.